The SMILES string of the molecule is COCOCCC(=O)O. The van der Waals surface area contributed by atoms with Crippen LogP contribution in [0.3, 0.4) is 0 Å². The van der Waals surface area contributed by atoms with Crippen LogP contribution in [-0.4, -0.2) is 31.6 Å². The van der Waals surface area contributed by atoms with Crippen LogP contribution in [0.5, 0.6) is 0 Å². The van der Waals surface area contributed by atoms with Gasteiger partial charge in [-0.25, -0.2) is 0 Å². The third kappa shape index (κ3) is 7.39. The molecule has 0 aliphatic heterocycles. The van der Waals surface area contributed by atoms with Crippen molar-refractivity contribution in [3.8, 4) is 0 Å². The fraction of sp³-hybridized carbons (Fsp3) is 0.800. The molecule has 0 bridgehead atoms. The summed E-state index contributed by atoms with van der Waals surface area (Å²) in [7, 11) is 1.49. The third-order valence-electron chi connectivity index (χ3n) is 0.661. The van der Waals surface area contributed by atoms with Crippen molar-refractivity contribution >= 4 is 5.97 Å². The molecule has 0 aliphatic carbocycles. The second kappa shape index (κ2) is 5.53. The molecular formula is C5H10O4. The number of hydrogen-bond donors (Lipinski definition) is 1. The zero-order chi connectivity index (χ0) is 7.11. The fourth-order valence-electron chi connectivity index (χ4n) is 0.302. The van der Waals surface area contributed by atoms with E-state index in [9.17, 15) is 4.79 Å². The van der Waals surface area contributed by atoms with E-state index in [2.05, 4.69) is 4.74 Å². The second-order valence-corrected chi connectivity index (χ2v) is 1.46. The van der Waals surface area contributed by atoms with Crippen LogP contribution < -0.4 is 0 Å². The number of methoxy groups -OCH3 is 1. The maximum atomic E-state index is 9.84. The number of hydrogen-bond acceptors (Lipinski definition) is 3. The van der Waals surface area contributed by atoms with E-state index < -0.39 is 5.97 Å². The molecule has 0 atom stereocenters. The number of carbonyl (C=O) groups is 1. The van der Waals surface area contributed by atoms with E-state index in [1.54, 1.807) is 0 Å². The van der Waals surface area contributed by atoms with Gasteiger partial charge < -0.3 is 14.6 Å². The monoisotopic (exact) mass is 134 g/mol. The van der Waals surface area contributed by atoms with E-state index in [-0.39, 0.29) is 19.8 Å². The van der Waals surface area contributed by atoms with Crippen molar-refractivity contribution in [3.05, 3.63) is 0 Å². The molecule has 4 nitrogen and oxygen atoms in total. The Balaban J connectivity index is 2.83. The number of rotatable bonds is 5. The van der Waals surface area contributed by atoms with Gasteiger partial charge in [-0.05, 0) is 0 Å². The van der Waals surface area contributed by atoms with Crippen molar-refractivity contribution < 1.29 is 19.4 Å². The summed E-state index contributed by atoms with van der Waals surface area (Å²) >= 11 is 0. The quantitative estimate of drug-likeness (QED) is 0.427. The van der Waals surface area contributed by atoms with Crippen LogP contribution in [-0.2, 0) is 14.3 Å². The largest absolute Gasteiger partial charge is 0.481 e. The van der Waals surface area contributed by atoms with Crippen LogP contribution in [0.15, 0.2) is 0 Å². The first-order chi connectivity index (χ1) is 4.27. The zero-order valence-corrected chi connectivity index (χ0v) is 5.29. The molecule has 0 aliphatic rings. The van der Waals surface area contributed by atoms with Crippen molar-refractivity contribution in [3.63, 3.8) is 0 Å². The van der Waals surface area contributed by atoms with E-state index >= 15 is 0 Å². The van der Waals surface area contributed by atoms with Crippen molar-refractivity contribution in [2.24, 2.45) is 0 Å². The van der Waals surface area contributed by atoms with Gasteiger partial charge in [-0.15, -0.1) is 0 Å². The standard InChI is InChI=1S/C5H10O4/c1-8-4-9-3-2-5(6)7/h2-4H2,1H3,(H,6,7). The van der Waals surface area contributed by atoms with Gasteiger partial charge in [0, 0.05) is 7.11 Å². The maximum Gasteiger partial charge on any atom is 0.305 e. The average Bonchev–Trinajstić information content (AvgIpc) is 1.80. The zero-order valence-electron chi connectivity index (χ0n) is 5.29. The molecule has 0 aromatic heterocycles. The molecule has 54 valence electrons. The predicted octanol–water partition coefficient (Wildman–Crippen LogP) is 0.0816. The molecular weight excluding hydrogens is 124 g/mol. The first-order valence-corrected chi connectivity index (χ1v) is 2.56. The summed E-state index contributed by atoms with van der Waals surface area (Å²) in [6.07, 6.45) is 0.0311. The van der Waals surface area contributed by atoms with Gasteiger partial charge in [0.15, 0.2) is 0 Å². The van der Waals surface area contributed by atoms with E-state index in [1.807, 2.05) is 0 Å². The molecule has 0 saturated heterocycles. The molecule has 0 spiro atoms. The number of carboxylic acid groups (broad SMARTS) is 1. The molecule has 0 rings (SSSR count). The Hall–Kier alpha value is -0.610. The van der Waals surface area contributed by atoms with Gasteiger partial charge in [0.1, 0.15) is 6.79 Å². The first kappa shape index (κ1) is 8.39. The minimum Gasteiger partial charge on any atom is -0.481 e. The average molecular weight is 134 g/mol. The van der Waals surface area contributed by atoms with Gasteiger partial charge >= 0.3 is 5.97 Å². The van der Waals surface area contributed by atoms with Crippen LogP contribution in [0.4, 0.5) is 0 Å². The smallest absolute Gasteiger partial charge is 0.305 e. The van der Waals surface area contributed by atoms with Gasteiger partial charge in [-0.3, -0.25) is 4.79 Å². The van der Waals surface area contributed by atoms with Crippen molar-refractivity contribution in [2.45, 2.75) is 6.42 Å². The van der Waals surface area contributed by atoms with E-state index in [4.69, 9.17) is 9.84 Å². The highest BCUT2D eigenvalue weighted by molar-refractivity contribution is 5.66. The van der Waals surface area contributed by atoms with E-state index in [0.717, 1.165) is 0 Å². The highest BCUT2D eigenvalue weighted by atomic mass is 16.7. The van der Waals surface area contributed by atoms with Crippen molar-refractivity contribution in [1.29, 1.82) is 0 Å². The first-order valence-electron chi connectivity index (χ1n) is 2.56. The number of ether oxygens (including phenoxy) is 2. The molecule has 4 heteroatoms. The van der Waals surface area contributed by atoms with Gasteiger partial charge in [-0.2, -0.15) is 0 Å². The number of aliphatic carboxylic acids is 1. The molecule has 9 heavy (non-hydrogen) atoms. The Bertz CT molecular complexity index is 81.0. The summed E-state index contributed by atoms with van der Waals surface area (Å²) in [5, 5.41) is 8.09. The van der Waals surface area contributed by atoms with Crippen LogP contribution in [0.1, 0.15) is 6.42 Å². The Kier molecular flexibility index (Phi) is 5.15. The van der Waals surface area contributed by atoms with Gasteiger partial charge in [0.25, 0.3) is 0 Å². The lowest BCUT2D eigenvalue weighted by molar-refractivity contribution is -0.139. The lowest BCUT2D eigenvalue weighted by Gasteiger charge is -1.97. The maximum absolute atomic E-state index is 9.84. The van der Waals surface area contributed by atoms with Crippen LogP contribution in [0.2, 0.25) is 0 Å². The van der Waals surface area contributed by atoms with E-state index in [0.29, 0.717) is 0 Å². The highest BCUT2D eigenvalue weighted by Crippen LogP contribution is 1.81. The normalized spacial score (nSPS) is 9.44. The summed E-state index contributed by atoms with van der Waals surface area (Å²) in [6, 6.07) is 0. The summed E-state index contributed by atoms with van der Waals surface area (Å²) < 4.78 is 9.20. The Labute approximate surface area is 53.4 Å². The fourth-order valence-corrected chi connectivity index (χ4v) is 0.302. The van der Waals surface area contributed by atoms with Gasteiger partial charge in [-0.1, -0.05) is 0 Å². The summed E-state index contributed by atoms with van der Waals surface area (Å²) in [4.78, 5) is 9.84. The van der Waals surface area contributed by atoms with E-state index in [1.165, 1.54) is 7.11 Å². The molecule has 1 N–H and O–H groups in total. The molecule has 0 amide bonds. The molecule has 0 unspecified atom stereocenters. The molecule has 0 radical (unpaired) electrons. The Morgan fingerprint density at radius 2 is 2.33 bits per heavy atom. The number of carboxylic acids is 1. The molecule has 0 aromatic rings. The molecule has 0 saturated carbocycles. The minimum atomic E-state index is -0.855. The topological polar surface area (TPSA) is 55.8 Å². The summed E-state index contributed by atoms with van der Waals surface area (Å²) in [5.74, 6) is -0.855. The second-order valence-electron chi connectivity index (χ2n) is 1.46. The van der Waals surface area contributed by atoms with Crippen LogP contribution >= 0.6 is 0 Å². The highest BCUT2D eigenvalue weighted by Gasteiger charge is 1.93. The Morgan fingerprint density at radius 1 is 1.67 bits per heavy atom. The Morgan fingerprint density at radius 3 is 2.78 bits per heavy atom. The molecule has 0 aromatic carbocycles. The third-order valence-corrected chi connectivity index (χ3v) is 0.661. The summed E-state index contributed by atoms with van der Waals surface area (Å²) in [5.41, 5.74) is 0. The molecule has 0 fully saturated rings. The van der Waals surface area contributed by atoms with Gasteiger partial charge in [0.05, 0.1) is 13.0 Å². The minimum absolute atomic E-state index is 0.0311. The lowest BCUT2D eigenvalue weighted by Crippen LogP contribution is -2.04. The predicted molar refractivity (Wildman–Crippen MR) is 30.1 cm³/mol. The molecule has 0 heterocycles. The van der Waals surface area contributed by atoms with Crippen molar-refractivity contribution in [1.82, 2.24) is 0 Å². The van der Waals surface area contributed by atoms with Crippen molar-refractivity contribution in [2.75, 3.05) is 20.5 Å². The van der Waals surface area contributed by atoms with Gasteiger partial charge in [0.2, 0.25) is 0 Å². The lowest BCUT2D eigenvalue weighted by atomic mass is 10.5. The van der Waals surface area contributed by atoms with Crippen LogP contribution in [0.25, 0.3) is 0 Å². The van der Waals surface area contributed by atoms with Crippen LogP contribution in [0, 0.1) is 0 Å². The summed E-state index contributed by atoms with van der Waals surface area (Å²) in [6.45, 7) is 0.371.